The monoisotopic (exact) mass is 303 g/mol. The lowest BCUT2D eigenvalue weighted by molar-refractivity contribution is 0.259. The van der Waals surface area contributed by atoms with Gasteiger partial charge in [-0.25, -0.2) is 4.39 Å². The number of alkyl halides is 1. The Morgan fingerprint density at radius 3 is 3.00 bits per heavy atom. The highest BCUT2D eigenvalue weighted by Gasteiger charge is 2.26. The van der Waals surface area contributed by atoms with Gasteiger partial charge in [-0.2, -0.15) is 5.10 Å². The molecule has 3 nitrogen and oxygen atoms in total. The van der Waals surface area contributed by atoms with E-state index in [1.807, 2.05) is 18.5 Å². The number of hydrogen-bond acceptors (Lipinski definition) is 2. The van der Waals surface area contributed by atoms with Gasteiger partial charge < -0.3 is 5.32 Å². The molecule has 1 aliphatic rings. The quantitative estimate of drug-likeness (QED) is 0.926. The number of aromatic nitrogens is 2. The second-order valence-electron chi connectivity index (χ2n) is 4.58. The summed E-state index contributed by atoms with van der Waals surface area (Å²) in [6.07, 6.45) is 1.64. The fourth-order valence-electron chi connectivity index (χ4n) is 2.41. The first-order chi connectivity index (χ1) is 8.13. The summed E-state index contributed by atoms with van der Waals surface area (Å²) < 4.78 is 17.0. The van der Waals surface area contributed by atoms with Crippen molar-refractivity contribution < 1.29 is 4.39 Å². The number of aryl methyl sites for hydroxylation is 2. The molecular weight excluding hydrogens is 285 g/mol. The Morgan fingerprint density at radius 1 is 1.65 bits per heavy atom. The van der Waals surface area contributed by atoms with Crippen LogP contribution in [-0.4, -0.2) is 28.5 Å². The van der Waals surface area contributed by atoms with Crippen molar-refractivity contribution >= 4 is 15.9 Å². The van der Waals surface area contributed by atoms with E-state index in [0.29, 0.717) is 6.42 Å². The lowest BCUT2D eigenvalue weighted by atomic mass is 10.1. The minimum Gasteiger partial charge on any atom is -0.311 e. The topological polar surface area (TPSA) is 29.9 Å². The summed E-state index contributed by atoms with van der Waals surface area (Å²) >= 11 is 3.51. The van der Waals surface area contributed by atoms with E-state index in [1.54, 1.807) is 0 Å². The van der Waals surface area contributed by atoms with Gasteiger partial charge in [0.15, 0.2) is 0 Å². The van der Waals surface area contributed by atoms with Crippen molar-refractivity contribution in [1.29, 1.82) is 0 Å². The molecule has 0 saturated carbocycles. The second kappa shape index (κ2) is 5.48. The highest BCUT2D eigenvalue weighted by atomic mass is 79.9. The molecular formula is C12H19BrFN3. The van der Waals surface area contributed by atoms with E-state index in [1.165, 1.54) is 0 Å². The van der Waals surface area contributed by atoms with Crippen LogP contribution in [0.5, 0.6) is 0 Å². The van der Waals surface area contributed by atoms with Gasteiger partial charge in [-0.15, -0.1) is 0 Å². The summed E-state index contributed by atoms with van der Waals surface area (Å²) in [4.78, 5) is 0. The summed E-state index contributed by atoms with van der Waals surface area (Å²) in [6.45, 7) is 5.70. The molecule has 2 unspecified atom stereocenters. The van der Waals surface area contributed by atoms with Crippen molar-refractivity contribution in [2.24, 2.45) is 0 Å². The molecule has 0 radical (unpaired) electrons. The lowest BCUT2D eigenvalue weighted by Crippen LogP contribution is -2.33. The molecule has 0 amide bonds. The third-order valence-corrected chi connectivity index (χ3v) is 4.41. The van der Waals surface area contributed by atoms with E-state index in [9.17, 15) is 4.39 Å². The Balaban J connectivity index is 2.11. The molecule has 0 bridgehead atoms. The van der Waals surface area contributed by atoms with E-state index in [-0.39, 0.29) is 6.04 Å². The van der Waals surface area contributed by atoms with Crippen LogP contribution in [0.4, 0.5) is 4.39 Å². The maximum atomic E-state index is 14.2. The van der Waals surface area contributed by atoms with E-state index in [2.05, 4.69) is 26.3 Å². The third-order valence-electron chi connectivity index (χ3n) is 3.38. The smallest absolute Gasteiger partial charge is 0.121 e. The molecule has 1 aromatic rings. The average Bonchev–Trinajstić information content (AvgIpc) is 2.92. The molecule has 17 heavy (non-hydrogen) atoms. The molecule has 2 atom stereocenters. The lowest BCUT2D eigenvalue weighted by Gasteiger charge is -2.16. The standard InChI is InChI=1S/C12H19BrFN3/c1-3-17-11(12(13)8(2)16-17)7-9(14)10-5-4-6-15-10/h9-10,15H,3-7H2,1-2H3. The zero-order valence-electron chi connectivity index (χ0n) is 10.3. The van der Waals surface area contributed by atoms with Crippen LogP contribution >= 0.6 is 15.9 Å². The Bertz CT molecular complexity index is 385. The Morgan fingerprint density at radius 2 is 2.41 bits per heavy atom. The van der Waals surface area contributed by atoms with Crippen molar-refractivity contribution in [1.82, 2.24) is 15.1 Å². The maximum Gasteiger partial charge on any atom is 0.121 e. The van der Waals surface area contributed by atoms with Gasteiger partial charge >= 0.3 is 0 Å². The minimum atomic E-state index is -0.824. The predicted molar refractivity (Wildman–Crippen MR) is 70.0 cm³/mol. The summed E-state index contributed by atoms with van der Waals surface area (Å²) in [5, 5.41) is 7.61. The first kappa shape index (κ1) is 13.0. The van der Waals surface area contributed by atoms with Crippen LogP contribution < -0.4 is 5.32 Å². The van der Waals surface area contributed by atoms with E-state index < -0.39 is 6.17 Å². The zero-order valence-corrected chi connectivity index (χ0v) is 11.9. The van der Waals surface area contributed by atoms with Crippen LogP contribution in [0, 0.1) is 6.92 Å². The molecule has 1 saturated heterocycles. The van der Waals surface area contributed by atoms with E-state index >= 15 is 0 Å². The van der Waals surface area contributed by atoms with E-state index in [0.717, 1.165) is 41.8 Å². The largest absolute Gasteiger partial charge is 0.311 e. The minimum absolute atomic E-state index is 0.0161. The molecule has 96 valence electrons. The number of nitrogens with one attached hydrogen (secondary N) is 1. The van der Waals surface area contributed by atoms with Gasteiger partial charge in [0.1, 0.15) is 6.17 Å². The number of rotatable bonds is 4. The summed E-state index contributed by atoms with van der Waals surface area (Å²) in [7, 11) is 0. The fraction of sp³-hybridized carbons (Fsp3) is 0.750. The van der Waals surface area contributed by atoms with Gasteiger partial charge in [0, 0.05) is 19.0 Å². The third kappa shape index (κ3) is 2.71. The van der Waals surface area contributed by atoms with Gasteiger partial charge in [-0.05, 0) is 49.2 Å². The molecule has 1 aliphatic heterocycles. The fourth-order valence-corrected chi connectivity index (χ4v) is 2.86. The second-order valence-corrected chi connectivity index (χ2v) is 5.38. The molecule has 0 aromatic carbocycles. The number of nitrogens with zero attached hydrogens (tertiary/aromatic N) is 2. The van der Waals surface area contributed by atoms with Gasteiger partial charge in [0.2, 0.25) is 0 Å². The summed E-state index contributed by atoms with van der Waals surface area (Å²) in [6, 6.07) is 0.0161. The first-order valence-corrected chi connectivity index (χ1v) is 7.02. The van der Waals surface area contributed by atoms with Crippen molar-refractivity contribution in [2.75, 3.05) is 6.54 Å². The molecule has 5 heteroatoms. The molecule has 1 aromatic heterocycles. The molecule has 2 rings (SSSR count). The van der Waals surface area contributed by atoms with Crippen LogP contribution in [0.15, 0.2) is 4.47 Å². The summed E-state index contributed by atoms with van der Waals surface area (Å²) in [5.74, 6) is 0. The van der Waals surface area contributed by atoms with Gasteiger partial charge in [-0.3, -0.25) is 4.68 Å². The summed E-state index contributed by atoms with van der Waals surface area (Å²) in [5.41, 5.74) is 1.92. The van der Waals surface area contributed by atoms with Crippen LogP contribution in [0.25, 0.3) is 0 Å². The van der Waals surface area contributed by atoms with Crippen molar-refractivity contribution in [3.05, 3.63) is 15.9 Å². The Labute approximate surface area is 110 Å². The van der Waals surface area contributed by atoms with Crippen LogP contribution in [0.2, 0.25) is 0 Å². The molecule has 1 N–H and O–H groups in total. The Kier molecular flexibility index (Phi) is 4.20. The predicted octanol–water partition coefficient (Wildman–Crippen LogP) is 2.61. The van der Waals surface area contributed by atoms with Crippen LogP contribution in [0.3, 0.4) is 0 Å². The average molecular weight is 304 g/mol. The Hall–Kier alpha value is -0.420. The highest BCUT2D eigenvalue weighted by molar-refractivity contribution is 9.10. The van der Waals surface area contributed by atoms with Crippen molar-refractivity contribution in [3.63, 3.8) is 0 Å². The van der Waals surface area contributed by atoms with Crippen molar-refractivity contribution in [2.45, 2.75) is 51.9 Å². The molecule has 0 aliphatic carbocycles. The van der Waals surface area contributed by atoms with Gasteiger partial charge in [0.25, 0.3) is 0 Å². The molecule has 0 spiro atoms. The highest BCUT2D eigenvalue weighted by Crippen LogP contribution is 2.25. The normalized spacial score (nSPS) is 22.0. The van der Waals surface area contributed by atoms with Crippen LogP contribution in [0.1, 0.15) is 31.2 Å². The van der Waals surface area contributed by atoms with Crippen molar-refractivity contribution in [3.8, 4) is 0 Å². The van der Waals surface area contributed by atoms with E-state index in [4.69, 9.17) is 0 Å². The van der Waals surface area contributed by atoms with Crippen LogP contribution in [-0.2, 0) is 13.0 Å². The number of halogens is 2. The maximum absolute atomic E-state index is 14.2. The molecule has 2 heterocycles. The SMILES string of the molecule is CCn1nc(C)c(Br)c1CC(F)C1CCCN1. The number of hydrogen-bond donors (Lipinski definition) is 1. The molecule has 1 fully saturated rings. The first-order valence-electron chi connectivity index (χ1n) is 6.22. The van der Waals surface area contributed by atoms with Gasteiger partial charge in [-0.1, -0.05) is 0 Å². The van der Waals surface area contributed by atoms with Gasteiger partial charge in [0.05, 0.1) is 15.9 Å². The zero-order chi connectivity index (χ0) is 12.4.